The molecule has 0 radical (unpaired) electrons. The minimum absolute atomic E-state index is 0.00692. The van der Waals surface area contributed by atoms with Crippen molar-refractivity contribution in [3.63, 3.8) is 0 Å². The van der Waals surface area contributed by atoms with Gasteiger partial charge >= 0.3 is 6.09 Å². The van der Waals surface area contributed by atoms with Crippen LogP contribution in [-0.4, -0.2) is 34.7 Å². The van der Waals surface area contributed by atoms with E-state index in [2.05, 4.69) is 4.98 Å². The summed E-state index contributed by atoms with van der Waals surface area (Å²) >= 11 is 0. The van der Waals surface area contributed by atoms with Crippen LogP contribution < -0.4 is 0 Å². The maximum Gasteiger partial charge on any atom is 0.410 e. The van der Waals surface area contributed by atoms with Crippen molar-refractivity contribution in [1.82, 2.24) is 9.88 Å². The predicted octanol–water partition coefficient (Wildman–Crippen LogP) is 4.87. The van der Waals surface area contributed by atoms with Crippen molar-refractivity contribution in [2.45, 2.75) is 52.1 Å². The monoisotopic (exact) mass is 350 g/mol. The number of ether oxygens (including phenoxy) is 1. The van der Waals surface area contributed by atoms with Crippen LogP contribution in [0.2, 0.25) is 0 Å². The Morgan fingerprint density at radius 2 is 1.96 bits per heavy atom. The van der Waals surface area contributed by atoms with Crippen LogP contribution in [0.15, 0.2) is 12.1 Å². The molecule has 1 N–H and O–H groups in total. The van der Waals surface area contributed by atoms with E-state index < -0.39 is 17.2 Å². The van der Waals surface area contributed by atoms with Gasteiger partial charge in [0.05, 0.1) is 5.52 Å². The lowest BCUT2D eigenvalue weighted by Gasteiger charge is -2.34. The number of hydrogen-bond acceptors (Lipinski definition) is 2. The van der Waals surface area contributed by atoms with Crippen molar-refractivity contribution in [1.29, 1.82) is 0 Å². The van der Waals surface area contributed by atoms with Gasteiger partial charge in [0, 0.05) is 30.1 Å². The Hall–Kier alpha value is -2.11. The van der Waals surface area contributed by atoms with Gasteiger partial charge in [-0.25, -0.2) is 13.6 Å². The Labute approximate surface area is 146 Å². The summed E-state index contributed by atoms with van der Waals surface area (Å²) in [5.74, 6) is -0.894. The highest BCUT2D eigenvalue weighted by Gasteiger charge is 2.30. The minimum Gasteiger partial charge on any atom is -0.444 e. The standard InChI is InChI=1S/C19H24F2N2O2/c1-11-15-13(20)7-8-14(21)17(15)22-16(11)12-6-5-9-23(10-12)18(24)25-19(2,3)4/h7-8,12,22H,5-6,9-10H2,1-4H3. The second kappa shape index (κ2) is 6.32. The number of rotatable bonds is 1. The van der Waals surface area contributed by atoms with E-state index in [0.717, 1.165) is 30.7 Å². The molecule has 6 heteroatoms. The number of piperidine rings is 1. The van der Waals surface area contributed by atoms with Gasteiger partial charge in [-0.2, -0.15) is 0 Å². The molecule has 1 amide bonds. The smallest absolute Gasteiger partial charge is 0.410 e. The van der Waals surface area contributed by atoms with E-state index in [1.54, 1.807) is 11.8 Å². The van der Waals surface area contributed by atoms with Crippen molar-refractivity contribution in [2.24, 2.45) is 0 Å². The summed E-state index contributed by atoms with van der Waals surface area (Å²) in [6.07, 6.45) is 1.34. The molecule has 0 saturated carbocycles. The van der Waals surface area contributed by atoms with Gasteiger partial charge in [-0.3, -0.25) is 0 Å². The molecule has 0 bridgehead atoms. The first-order chi connectivity index (χ1) is 11.7. The number of likely N-dealkylation sites (tertiary alicyclic amines) is 1. The fraction of sp³-hybridized carbons (Fsp3) is 0.526. The van der Waals surface area contributed by atoms with Gasteiger partial charge in [-0.05, 0) is 58.2 Å². The van der Waals surface area contributed by atoms with E-state index in [9.17, 15) is 13.6 Å². The van der Waals surface area contributed by atoms with Crippen LogP contribution in [0.4, 0.5) is 13.6 Å². The number of fused-ring (bicyclic) bond motifs is 1. The van der Waals surface area contributed by atoms with Crippen molar-refractivity contribution in [3.05, 3.63) is 35.0 Å². The van der Waals surface area contributed by atoms with E-state index in [0.29, 0.717) is 24.0 Å². The van der Waals surface area contributed by atoms with Crippen molar-refractivity contribution in [3.8, 4) is 0 Å². The largest absolute Gasteiger partial charge is 0.444 e. The zero-order valence-electron chi connectivity index (χ0n) is 15.1. The quantitative estimate of drug-likeness (QED) is 0.797. The Bertz CT molecular complexity index is 808. The van der Waals surface area contributed by atoms with E-state index >= 15 is 0 Å². The third-order valence-electron chi connectivity index (χ3n) is 4.62. The average Bonchev–Trinajstić information content (AvgIpc) is 2.88. The second-order valence-electron chi connectivity index (χ2n) is 7.71. The van der Waals surface area contributed by atoms with E-state index in [1.165, 1.54) is 0 Å². The lowest BCUT2D eigenvalue weighted by Crippen LogP contribution is -2.42. The molecule has 2 aromatic rings. The van der Waals surface area contributed by atoms with Gasteiger partial charge in [-0.15, -0.1) is 0 Å². The molecule has 1 unspecified atom stereocenters. The molecule has 0 spiro atoms. The fourth-order valence-electron chi connectivity index (χ4n) is 3.52. The molecule has 1 atom stereocenters. The van der Waals surface area contributed by atoms with Crippen molar-refractivity contribution < 1.29 is 18.3 Å². The normalized spacial score (nSPS) is 18.6. The first kappa shape index (κ1) is 17.7. The third kappa shape index (κ3) is 3.48. The van der Waals surface area contributed by atoms with E-state index in [4.69, 9.17) is 4.74 Å². The maximum absolute atomic E-state index is 14.1. The molecule has 1 aliphatic heterocycles. The second-order valence-corrected chi connectivity index (χ2v) is 7.71. The van der Waals surface area contributed by atoms with Crippen LogP contribution in [0.1, 0.15) is 50.8 Å². The molecule has 2 heterocycles. The maximum atomic E-state index is 14.1. The van der Waals surface area contributed by atoms with Gasteiger partial charge in [0.25, 0.3) is 0 Å². The van der Waals surface area contributed by atoms with Crippen LogP contribution in [-0.2, 0) is 4.74 Å². The molecule has 1 aromatic carbocycles. The number of H-pyrrole nitrogens is 1. The lowest BCUT2D eigenvalue weighted by molar-refractivity contribution is 0.0197. The highest BCUT2D eigenvalue weighted by atomic mass is 19.1. The number of nitrogens with zero attached hydrogens (tertiary/aromatic N) is 1. The molecule has 0 aliphatic carbocycles. The van der Waals surface area contributed by atoms with Gasteiger partial charge < -0.3 is 14.6 Å². The molecule has 136 valence electrons. The summed E-state index contributed by atoms with van der Waals surface area (Å²) < 4.78 is 33.6. The highest BCUT2D eigenvalue weighted by Crippen LogP contribution is 2.35. The Kier molecular flexibility index (Phi) is 4.47. The molecule has 1 saturated heterocycles. The number of carbonyl (C=O) groups is 1. The molecule has 25 heavy (non-hydrogen) atoms. The van der Waals surface area contributed by atoms with E-state index in [-0.39, 0.29) is 17.5 Å². The number of benzene rings is 1. The molecule has 1 aromatic heterocycles. The highest BCUT2D eigenvalue weighted by molar-refractivity contribution is 5.85. The van der Waals surface area contributed by atoms with Gasteiger partial charge in [-0.1, -0.05) is 0 Å². The van der Waals surface area contributed by atoms with E-state index in [1.807, 2.05) is 20.8 Å². The zero-order valence-corrected chi connectivity index (χ0v) is 15.1. The zero-order chi connectivity index (χ0) is 18.4. The predicted molar refractivity (Wildman–Crippen MR) is 92.7 cm³/mol. The number of aromatic nitrogens is 1. The van der Waals surface area contributed by atoms with Gasteiger partial charge in [0.15, 0.2) is 0 Å². The summed E-state index contributed by atoms with van der Waals surface area (Å²) in [7, 11) is 0. The van der Waals surface area contributed by atoms with Gasteiger partial charge in [0.2, 0.25) is 0 Å². The number of amides is 1. The fourth-order valence-corrected chi connectivity index (χ4v) is 3.52. The average molecular weight is 350 g/mol. The molecule has 4 nitrogen and oxygen atoms in total. The summed E-state index contributed by atoms with van der Waals surface area (Å²) in [4.78, 5) is 17.1. The summed E-state index contributed by atoms with van der Waals surface area (Å²) in [6.45, 7) is 8.40. The number of aryl methyl sites for hydroxylation is 1. The molecule has 3 rings (SSSR count). The summed E-state index contributed by atoms with van der Waals surface area (Å²) in [5.41, 5.74) is 1.16. The third-order valence-corrected chi connectivity index (χ3v) is 4.62. The minimum atomic E-state index is -0.548. The van der Waals surface area contributed by atoms with Crippen LogP contribution in [0.5, 0.6) is 0 Å². The van der Waals surface area contributed by atoms with Crippen LogP contribution in [0.3, 0.4) is 0 Å². The van der Waals surface area contributed by atoms with Crippen LogP contribution in [0, 0.1) is 18.6 Å². The number of carbonyl (C=O) groups excluding carboxylic acids is 1. The first-order valence-electron chi connectivity index (χ1n) is 8.61. The summed E-state index contributed by atoms with van der Waals surface area (Å²) in [6, 6.07) is 2.28. The van der Waals surface area contributed by atoms with Gasteiger partial charge in [0.1, 0.15) is 17.2 Å². The SMILES string of the molecule is Cc1c(C2CCCN(C(=O)OC(C)(C)C)C2)[nH]c2c(F)ccc(F)c12. The first-order valence-corrected chi connectivity index (χ1v) is 8.61. The summed E-state index contributed by atoms with van der Waals surface area (Å²) in [5, 5.41) is 0.296. The molecule has 1 aliphatic rings. The lowest BCUT2D eigenvalue weighted by atomic mass is 9.92. The topological polar surface area (TPSA) is 45.3 Å². The molecular weight excluding hydrogens is 326 g/mol. The number of halogens is 2. The number of hydrogen-bond donors (Lipinski definition) is 1. The number of nitrogens with one attached hydrogen (secondary N) is 1. The Balaban J connectivity index is 1.88. The molecular formula is C19H24F2N2O2. The van der Waals surface area contributed by atoms with Crippen LogP contribution in [0.25, 0.3) is 10.9 Å². The van der Waals surface area contributed by atoms with Crippen molar-refractivity contribution >= 4 is 17.0 Å². The Morgan fingerprint density at radius 3 is 2.60 bits per heavy atom. The number of aromatic amines is 1. The Morgan fingerprint density at radius 1 is 1.28 bits per heavy atom. The molecule has 1 fully saturated rings. The van der Waals surface area contributed by atoms with Crippen molar-refractivity contribution in [2.75, 3.05) is 13.1 Å². The van der Waals surface area contributed by atoms with Crippen LogP contribution >= 0.6 is 0 Å².